The molecular weight excluding hydrogens is 298 g/mol. The topological polar surface area (TPSA) is 85.5 Å². The fourth-order valence-electron chi connectivity index (χ4n) is 2.23. The van der Waals surface area contributed by atoms with Crippen LogP contribution in [0.3, 0.4) is 0 Å². The van der Waals surface area contributed by atoms with Crippen LogP contribution in [-0.2, 0) is 6.42 Å². The number of rotatable bonds is 7. The summed E-state index contributed by atoms with van der Waals surface area (Å²) in [5.41, 5.74) is 0. The van der Waals surface area contributed by atoms with Crippen LogP contribution in [0, 0.1) is 0 Å². The van der Waals surface area contributed by atoms with Crippen molar-refractivity contribution in [1.29, 1.82) is 0 Å². The van der Waals surface area contributed by atoms with Gasteiger partial charge in [-0.2, -0.15) is 4.98 Å². The van der Waals surface area contributed by atoms with E-state index in [-0.39, 0.29) is 5.91 Å². The summed E-state index contributed by atoms with van der Waals surface area (Å²) in [5, 5.41) is 3.88. The predicted molar refractivity (Wildman–Crippen MR) is 80.6 cm³/mol. The molecule has 0 spiro atoms. The van der Waals surface area contributed by atoms with Crippen LogP contribution < -0.4 is 0 Å². The molecule has 0 fully saturated rings. The summed E-state index contributed by atoms with van der Waals surface area (Å²) in [4.78, 5) is 18.4. The van der Waals surface area contributed by atoms with Crippen molar-refractivity contribution in [1.82, 2.24) is 15.0 Å². The van der Waals surface area contributed by atoms with Gasteiger partial charge < -0.3 is 18.3 Å². The van der Waals surface area contributed by atoms with Crippen molar-refractivity contribution in [3.05, 3.63) is 48.4 Å². The third kappa shape index (κ3) is 3.50. The first-order valence-electron chi connectivity index (χ1n) is 7.47. The second-order valence-corrected chi connectivity index (χ2v) is 5.01. The summed E-state index contributed by atoms with van der Waals surface area (Å²) in [6.45, 7) is 3.13. The van der Waals surface area contributed by atoms with E-state index in [9.17, 15) is 4.79 Å². The average Bonchev–Trinajstić information content (AvgIpc) is 3.32. The van der Waals surface area contributed by atoms with E-state index >= 15 is 0 Å². The van der Waals surface area contributed by atoms with Crippen molar-refractivity contribution in [2.45, 2.75) is 19.8 Å². The average molecular weight is 315 g/mol. The standard InChI is InChI=1S/C16H17N3O4/c1-2-8-19(16(20)13-6-4-11-22-13)9-7-14-17-15(18-23-14)12-5-3-10-21-12/h3-6,10-11H,2,7-9H2,1H3. The Morgan fingerprint density at radius 2 is 2.00 bits per heavy atom. The fraction of sp³-hybridized carbons (Fsp3) is 0.312. The van der Waals surface area contributed by atoms with Crippen LogP contribution in [-0.4, -0.2) is 34.0 Å². The highest BCUT2D eigenvalue weighted by Gasteiger charge is 2.19. The summed E-state index contributed by atoms with van der Waals surface area (Å²) in [6, 6.07) is 6.88. The number of furan rings is 2. The van der Waals surface area contributed by atoms with Crippen LogP contribution in [0.25, 0.3) is 11.6 Å². The summed E-state index contributed by atoms with van der Waals surface area (Å²) in [5.74, 6) is 1.62. The molecule has 7 heteroatoms. The molecule has 3 heterocycles. The molecule has 23 heavy (non-hydrogen) atoms. The molecule has 0 N–H and O–H groups in total. The molecule has 0 aliphatic heterocycles. The number of amides is 1. The minimum Gasteiger partial charge on any atom is -0.461 e. The maximum absolute atomic E-state index is 12.4. The first-order valence-corrected chi connectivity index (χ1v) is 7.47. The highest BCUT2D eigenvalue weighted by molar-refractivity contribution is 5.91. The minimum atomic E-state index is -0.136. The van der Waals surface area contributed by atoms with Gasteiger partial charge in [-0.25, -0.2) is 0 Å². The van der Waals surface area contributed by atoms with E-state index in [1.54, 1.807) is 35.4 Å². The number of carbonyl (C=O) groups excluding carboxylic acids is 1. The van der Waals surface area contributed by atoms with Gasteiger partial charge in [0.2, 0.25) is 11.7 Å². The minimum absolute atomic E-state index is 0.136. The molecule has 0 aromatic carbocycles. The molecule has 1 amide bonds. The van der Waals surface area contributed by atoms with E-state index in [4.69, 9.17) is 13.4 Å². The van der Waals surface area contributed by atoms with Crippen molar-refractivity contribution in [2.24, 2.45) is 0 Å². The Balaban J connectivity index is 1.64. The third-order valence-corrected chi connectivity index (χ3v) is 3.32. The van der Waals surface area contributed by atoms with E-state index in [1.807, 2.05) is 6.92 Å². The smallest absolute Gasteiger partial charge is 0.289 e. The molecule has 0 unspecified atom stereocenters. The Morgan fingerprint density at radius 3 is 2.70 bits per heavy atom. The maximum atomic E-state index is 12.4. The zero-order chi connectivity index (χ0) is 16.1. The first kappa shape index (κ1) is 15.1. The highest BCUT2D eigenvalue weighted by Crippen LogP contribution is 2.16. The molecule has 0 atom stereocenters. The van der Waals surface area contributed by atoms with Gasteiger partial charge in [-0.05, 0) is 30.7 Å². The van der Waals surface area contributed by atoms with Crippen LogP contribution in [0.15, 0.2) is 50.1 Å². The zero-order valence-corrected chi connectivity index (χ0v) is 12.8. The van der Waals surface area contributed by atoms with Crippen molar-refractivity contribution >= 4 is 5.91 Å². The second-order valence-electron chi connectivity index (χ2n) is 5.01. The number of carbonyl (C=O) groups is 1. The molecule has 0 saturated heterocycles. The van der Waals surface area contributed by atoms with Crippen LogP contribution >= 0.6 is 0 Å². The van der Waals surface area contributed by atoms with Gasteiger partial charge in [0.15, 0.2) is 11.5 Å². The van der Waals surface area contributed by atoms with Gasteiger partial charge in [0.05, 0.1) is 12.5 Å². The Morgan fingerprint density at radius 1 is 1.17 bits per heavy atom. The Kier molecular flexibility index (Phi) is 4.56. The molecular formula is C16H17N3O4. The lowest BCUT2D eigenvalue weighted by Gasteiger charge is -2.19. The fourth-order valence-corrected chi connectivity index (χ4v) is 2.23. The molecule has 0 radical (unpaired) electrons. The Hall–Kier alpha value is -2.83. The first-order chi connectivity index (χ1) is 11.3. The lowest BCUT2D eigenvalue weighted by atomic mass is 10.3. The van der Waals surface area contributed by atoms with Gasteiger partial charge in [0.1, 0.15) is 0 Å². The van der Waals surface area contributed by atoms with Crippen LogP contribution in [0.1, 0.15) is 29.8 Å². The third-order valence-electron chi connectivity index (χ3n) is 3.32. The number of hydrogen-bond donors (Lipinski definition) is 0. The highest BCUT2D eigenvalue weighted by atomic mass is 16.5. The van der Waals surface area contributed by atoms with E-state index in [0.29, 0.717) is 42.7 Å². The molecule has 3 aromatic heterocycles. The van der Waals surface area contributed by atoms with Gasteiger partial charge in [-0.1, -0.05) is 12.1 Å². The second kappa shape index (κ2) is 6.95. The van der Waals surface area contributed by atoms with Gasteiger partial charge in [0.25, 0.3) is 5.91 Å². The maximum Gasteiger partial charge on any atom is 0.289 e. The summed E-state index contributed by atoms with van der Waals surface area (Å²) >= 11 is 0. The van der Waals surface area contributed by atoms with E-state index < -0.39 is 0 Å². The van der Waals surface area contributed by atoms with Crippen molar-refractivity contribution in [2.75, 3.05) is 13.1 Å². The van der Waals surface area contributed by atoms with Gasteiger partial charge in [-0.15, -0.1) is 0 Å². The van der Waals surface area contributed by atoms with Gasteiger partial charge in [0, 0.05) is 19.5 Å². The molecule has 3 aromatic rings. The predicted octanol–water partition coefficient (Wildman–Crippen LogP) is 3.02. The van der Waals surface area contributed by atoms with Crippen LogP contribution in [0.5, 0.6) is 0 Å². The summed E-state index contributed by atoms with van der Waals surface area (Å²) in [7, 11) is 0. The van der Waals surface area contributed by atoms with Gasteiger partial charge >= 0.3 is 0 Å². The van der Waals surface area contributed by atoms with Crippen molar-refractivity contribution in [3.8, 4) is 11.6 Å². The van der Waals surface area contributed by atoms with Crippen LogP contribution in [0.4, 0.5) is 0 Å². The van der Waals surface area contributed by atoms with Gasteiger partial charge in [-0.3, -0.25) is 4.79 Å². The Bertz CT molecular complexity index is 731. The Labute approximate surface area is 132 Å². The number of nitrogens with zero attached hydrogens (tertiary/aromatic N) is 3. The van der Waals surface area contributed by atoms with Crippen molar-refractivity contribution in [3.63, 3.8) is 0 Å². The molecule has 3 rings (SSSR count). The molecule has 0 saturated carbocycles. The van der Waals surface area contributed by atoms with Crippen LogP contribution in [0.2, 0.25) is 0 Å². The zero-order valence-electron chi connectivity index (χ0n) is 12.8. The molecule has 7 nitrogen and oxygen atoms in total. The van der Waals surface area contributed by atoms with Crippen molar-refractivity contribution < 1.29 is 18.2 Å². The lowest BCUT2D eigenvalue weighted by Crippen LogP contribution is -2.33. The van der Waals surface area contributed by atoms with E-state index in [1.165, 1.54) is 6.26 Å². The normalized spacial score (nSPS) is 10.8. The van der Waals surface area contributed by atoms with E-state index in [2.05, 4.69) is 10.1 Å². The monoisotopic (exact) mass is 315 g/mol. The van der Waals surface area contributed by atoms with E-state index in [0.717, 1.165) is 6.42 Å². The largest absolute Gasteiger partial charge is 0.461 e. The number of aromatic nitrogens is 2. The molecule has 0 aliphatic carbocycles. The summed E-state index contributed by atoms with van der Waals surface area (Å²) < 4.78 is 15.6. The quantitative estimate of drug-likeness (QED) is 0.666. The lowest BCUT2D eigenvalue weighted by molar-refractivity contribution is 0.0722. The molecule has 0 bridgehead atoms. The summed E-state index contributed by atoms with van der Waals surface area (Å²) in [6.07, 6.45) is 4.37. The molecule has 0 aliphatic rings. The number of hydrogen-bond acceptors (Lipinski definition) is 6. The molecule has 120 valence electrons. The SMILES string of the molecule is CCCN(CCc1nc(-c2ccco2)no1)C(=O)c1ccco1.